The molecule has 3 rings (SSSR count). The van der Waals surface area contributed by atoms with E-state index in [1.54, 1.807) is 18.2 Å². The standard InChI is InChI=1S/C15H10F2N2O2S/c16-11-4-5-13(17)14(8-11)19-22(20,21)15-3-1-2-10-9-18-7-6-12(10)15/h1-9,19H. The summed E-state index contributed by atoms with van der Waals surface area (Å²) in [6.45, 7) is 0. The Morgan fingerprint density at radius 3 is 2.68 bits per heavy atom. The number of aromatic nitrogens is 1. The van der Waals surface area contributed by atoms with Gasteiger partial charge in [0.1, 0.15) is 11.6 Å². The highest BCUT2D eigenvalue weighted by Gasteiger charge is 2.19. The molecule has 0 spiro atoms. The van der Waals surface area contributed by atoms with Crippen LogP contribution in [0.2, 0.25) is 0 Å². The Bertz CT molecular complexity index is 953. The number of benzene rings is 2. The Morgan fingerprint density at radius 2 is 1.86 bits per heavy atom. The van der Waals surface area contributed by atoms with Crippen molar-refractivity contribution in [2.45, 2.75) is 4.90 Å². The van der Waals surface area contributed by atoms with Crippen LogP contribution in [0.1, 0.15) is 0 Å². The first-order chi connectivity index (χ1) is 10.5. The summed E-state index contributed by atoms with van der Waals surface area (Å²) in [6.07, 6.45) is 2.99. The normalized spacial score (nSPS) is 11.5. The molecule has 0 unspecified atom stereocenters. The molecule has 112 valence electrons. The monoisotopic (exact) mass is 320 g/mol. The number of nitrogens with one attached hydrogen (secondary N) is 1. The van der Waals surface area contributed by atoms with Crippen LogP contribution in [0.5, 0.6) is 0 Å². The molecule has 4 nitrogen and oxygen atoms in total. The van der Waals surface area contributed by atoms with Crippen LogP contribution in [0.25, 0.3) is 10.8 Å². The summed E-state index contributed by atoms with van der Waals surface area (Å²) < 4.78 is 53.8. The summed E-state index contributed by atoms with van der Waals surface area (Å²) in [5.74, 6) is -1.59. The molecule has 0 bridgehead atoms. The molecule has 0 saturated heterocycles. The van der Waals surface area contributed by atoms with Crippen molar-refractivity contribution >= 4 is 26.5 Å². The summed E-state index contributed by atoms with van der Waals surface area (Å²) >= 11 is 0. The molecule has 0 atom stereocenters. The van der Waals surface area contributed by atoms with Crippen molar-refractivity contribution in [1.82, 2.24) is 4.98 Å². The molecule has 7 heteroatoms. The Labute approximate surface area is 125 Å². The lowest BCUT2D eigenvalue weighted by Gasteiger charge is -2.11. The number of anilines is 1. The molecule has 1 aromatic heterocycles. The highest BCUT2D eigenvalue weighted by molar-refractivity contribution is 7.93. The zero-order valence-corrected chi connectivity index (χ0v) is 11.9. The zero-order valence-electron chi connectivity index (χ0n) is 11.1. The van der Waals surface area contributed by atoms with E-state index >= 15 is 0 Å². The van der Waals surface area contributed by atoms with Crippen LogP contribution in [-0.2, 0) is 10.0 Å². The number of halogens is 2. The van der Waals surface area contributed by atoms with Crippen molar-refractivity contribution in [2.75, 3.05) is 4.72 Å². The predicted molar refractivity (Wildman–Crippen MR) is 78.9 cm³/mol. The molecular formula is C15H10F2N2O2S. The quantitative estimate of drug-likeness (QED) is 0.805. The van der Waals surface area contributed by atoms with Crippen molar-refractivity contribution in [2.24, 2.45) is 0 Å². The van der Waals surface area contributed by atoms with Crippen LogP contribution in [0.3, 0.4) is 0 Å². The topological polar surface area (TPSA) is 59.1 Å². The van der Waals surface area contributed by atoms with Crippen LogP contribution in [-0.4, -0.2) is 13.4 Å². The van der Waals surface area contributed by atoms with Gasteiger partial charge in [-0.15, -0.1) is 0 Å². The number of fused-ring (bicyclic) bond motifs is 1. The van der Waals surface area contributed by atoms with Gasteiger partial charge in [0.15, 0.2) is 0 Å². The molecule has 0 radical (unpaired) electrons. The summed E-state index contributed by atoms with van der Waals surface area (Å²) in [5, 5.41) is 1.08. The predicted octanol–water partition coefficient (Wildman–Crippen LogP) is 3.31. The molecule has 0 saturated carbocycles. The number of rotatable bonds is 3. The van der Waals surface area contributed by atoms with E-state index < -0.39 is 27.3 Å². The van der Waals surface area contributed by atoms with Gasteiger partial charge in [-0.05, 0) is 24.3 Å². The second-order valence-corrected chi connectivity index (χ2v) is 6.23. The molecule has 22 heavy (non-hydrogen) atoms. The first-order valence-electron chi connectivity index (χ1n) is 6.28. The van der Waals surface area contributed by atoms with Crippen LogP contribution in [0.4, 0.5) is 14.5 Å². The second-order valence-electron chi connectivity index (χ2n) is 4.58. The van der Waals surface area contributed by atoms with E-state index in [4.69, 9.17) is 0 Å². The Hall–Kier alpha value is -2.54. The maximum absolute atomic E-state index is 13.6. The minimum absolute atomic E-state index is 0.0314. The molecule has 0 aliphatic heterocycles. The van der Waals surface area contributed by atoms with Gasteiger partial charge in [0.25, 0.3) is 10.0 Å². The average Bonchev–Trinajstić information content (AvgIpc) is 2.50. The van der Waals surface area contributed by atoms with Gasteiger partial charge >= 0.3 is 0 Å². The molecule has 2 aromatic carbocycles. The molecule has 0 fully saturated rings. The largest absolute Gasteiger partial charge is 0.277 e. The number of sulfonamides is 1. The fraction of sp³-hybridized carbons (Fsp3) is 0. The molecule has 0 amide bonds. The summed E-state index contributed by atoms with van der Waals surface area (Å²) in [4.78, 5) is 3.89. The third-order valence-electron chi connectivity index (χ3n) is 3.10. The summed E-state index contributed by atoms with van der Waals surface area (Å²) in [6, 6.07) is 8.77. The third kappa shape index (κ3) is 2.62. The first kappa shape index (κ1) is 14.4. The summed E-state index contributed by atoms with van der Waals surface area (Å²) in [5.41, 5.74) is -0.439. The van der Waals surface area contributed by atoms with Gasteiger partial charge in [-0.2, -0.15) is 0 Å². The van der Waals surface area contributed by atoms with Gasteiger partial charge in [-0.1, -0.05) is 12.1 Å². The molecule has 1 heterocycles. The van der Waals surface area contributed by atoms with E-state index in [-0.39, 0.29) is 4.90 Å². The van der Waals surface area contributed by atoms with E-state index in [0.29, 0.717) is 10.8 Å². The summed E-state index contributed by atoms with van der Waals surface area (Å²) in [7, 11) is -4.06. The van der Waals surface area contributed by atoms with Crippen molar-refractivity contribution in [3.63, 3.8) is 0 Å². The maximum Gasteiger partial charge on any atom is 0.262 e. The van der Waals surface area contributed by atoms with E-state index in [9.17, 15) is 17.2 Å². The van der Waals surface area contributed by atoms with Crippen molar-refractivity contribution in [3.05, 3.63) is 66.5 Å². The van der Waals surface area contributed by atoms with Gasteiger partial charge in [-0.3, -0.25) is 9.71 Å². The van der Waals surface area contributed by atoms with Gasteiger partial charge in [-0.25, -0.2) is 17.2 Å². The van der Waals surface area contributed by atoms with Gasteiger partial charge in [0.05, 0.1) is 10.6 Å². The lowest BCUT2D eigenvalue weighted by molar-refractivity contribution is 0.595. The smallest absolute Gasteiger partial charge is 0.262 e. The Balaban J connectivity index is 2.11. The van der Waals surface area contributed by atoms with Crippen LogP contribution in [0.15, 0.2) is 59.8 Å². The first-order valence-corrected chi connectivity index (χ1v) is 7.76. The highest BCUT2D eigenvalue weighted by Crippen LogP contribution is 2.25. The average molecular weight is 320 g/mol. The maximum atomic E-state index is 13.6. The fourth-order valence-corrected chi connectivity index (χ4v) is 3.39. The Kier molecular flexibility index (Phi) is 3.50. The van der Waals surface area contributed by atoms with E-state index in [1.807, 2.05) is 0 Å². The minimum atomic E-state index is -4.06. The molecular weight excluding hydrogens is 310 g/mol. The van der Waals surface area contributed by atoms with E-state index in [2.05, 4.69) is 9.71 Å². The molecule has 1 N–H and O–H groups in total. The van der Waals surface area contributed by atoms with Crippen LogP contribution < -0.4 is 4.72 Å². The minimum Gasteiger partial charge on any atom is -0.277 e. The second kappa shape index (κ2) is 5.34. The lowest BCUT2D eigenvalue weighted by Crippen LogP contribution is -2.14. The van der Waals surface area contributed by atoms with Crippen molar-refractivity contribution < 1.29 is 17.2 Å². The van der Waals surface area contributed by atoms with Crippen LogP contribution in [0, 0.1) is 11.6 Å². The van der Waals surface area contributed by atoms with E-state index in [0.717, 1.165) is 18.2 Å². The zero-order chi connectivity index (χ0) is 15.7. The van der Waals surface area contributed by atoms with Crippen molar-refractivity contribution in [3.8, 4) is 0 Å². The molecule has 0 aliphatic carbocycles. The number of hydrogen-bond donors (Lipinski definition) is 1. The van der Waals surface area contributed by atoms with Gasteiger partial charge in [0, 0.05) is 29.2 Å². The third-order valence-corrected chi connectivity index (χ3v) is 4.53. The molecule has 3 aromatic rings. The van der Waals surface area contributed by atoms with Crippen LogP contribution >= 0.6 is 0 Å². The Morgan fingerprint density at radius 1 is 1.05 bits per heavy atom. The highest BCUT2D eigenvalue weighted by atomic mass is 32.2. The van der Waals surface area contributed by atoms with Crippen molar-refractivity contribution in [1.29, 1.82) is 0 Å². The van der Waals surface area contributed by atoms with Gasteiger partial charge in [0.2, 0.25) is 0 Å². The lowest BCUT2D eigenvalue weighted by atomic mass is 10.2. The number of hydrogen-bond acceptors (Lipinski definition) is 3. The fourth-order valence-electron chi connectivity index (χ4n) is 2.10. The number of pyridine rings is 1. The van der Waals surface area contributed by atoms with E-state index in [1.165, 1.54) is 18.5 Å². The van der Waals surface area contributed by atoms with Gasteiger partial charge < -0.3 is 0 Å². The number of nitrogens with zero attached hydrogens (tertiary/aromatic N) is 1. The molecule has 0 aliphatic rings. The SMILES string of the molecule is O=S(=O)(Nc1cc(F)ccc1F)c1cccc2cnccc12.